The highest BCUT2D eigenvalue weighted by molar-refractivity contribution is 5.95. The fourth-order valence-electron chi connectivity index (χ4n) is 2.61. The Balaban J connectivity index is 1.42. The minimum absolute atomic E-state index is 0.0779. The Bertz CT molecular complexity index is 904. The van der Waals surface area contributed by atoms with Gasteiger partial charge in [-0.05, 0) is 35.4 Å². The molecule has 3 rings (SSSR count). The van der Waals surface area contributed by atoms with E-state index < -0.39 is 0 Å². The van der Waals surface area contributed by atoms with Gasteiger partial charge < -0.3 is 10.1 Å². The Morgan fingerprint density at radius 2 is 1.75 bits per heavy atom. The summed E-state index contributed by atoms with van der Waals surface area (Å²) in [6, 6.07) is 14.7. The van der Waals surface area contributed by atoms with E-state index in [1.54, 1.807) is 35.3 Å². The zero-order valence-corrected chi connectivity index (χ0v) is 15.7. The number of carbonyl (C=O) groups is 2. The molecule has 0 unspecified atom stereocenters. The molecule has 144 valence electrons. The van der Waals surface area contributed by atoms with Crippen LogP contribution in [0.4, 0.5) is 0 Å². The largest absolute Gasteiger partial charge is 0.484 e. The van der Waals surface area contributed by atoms with Gasteiger partial charge in [0, 0.05) is 18.5 Å². The van der Waals surface area contributed by atoms with Crippen molar-refractivity contribution in [2.75, 3.05) is 6.61 Å². The molecule has 2 aromatic carbocycles. The summed E-state index contributed by atoms with van der Waals surface area (Å²) in [5.41, 5.74) is 2.75. The van der Waals surface area contributed by atoms with E-state index in [2.05, 4.69) is 15.4 Å². The summed E-state index contributed by atoms with van der Waals surface area (Å²) in [5, 5.41) is 6.90. The van der Waals surface area contributed by atoms with Gasteiger partial charge in [0.15, 0.2) is 12.4 Å². The lowest BCUT2D eigenvalue weighted by Gasteiger charge is -2.09. The maximum Gasteiger partial charge on any atom is 0.258 e. The first-order chi connectivity index (χ1) is 13.6. The number of ketones is 1. The van der Waals surface area contributed by atoms with Crippen LogP contribution in [0.15, 0.2) is 61.2 Å². The van der Waals surface area contributed by atoms with Crippen molar-refractivity contribution in [1.29, 1.82) is 0 Å². The van der Waals surface area contributed by atoms with Gasteiger partial charge in [0.25, 0.3) is 5.91 Å². The molecule has 3 aromatic rings. The van der Waals surface area contributed by atoms with Gasteiger partial charge in [-0.15, -0.1) is 0 Å². The standard InChI is InChI=1S/C21H22N4O3/c1-2-20(26)18-7-9-19(10-8-18)28-13-21(27)23-11-16-3-5-17(6-4-16)12-25-15-22-14-24-25/h3-10,14-15H,2,11-13H2,1H3,(H,23,27). The Morgan fingerprint density at radius 3 is 2.39 bits per heavy atom. The van der Waals surface area contributed by atoms with Gasteiger partial charge in [-0.1, -0.05) is 31.2 Å². The van der Waals surface area contributed by atoms with Crippen LogP contribution in [-0.4, -0.2) is 33.1 Å². The van der Waals surface area contributed by atoms with Crippen LogP contribution in [0.25, 0.3) is 0 Å². The normalized spacial score (nSPS) is 10.5. The highest BCUT2D eigenvalue weighted by Gasteiger charge is 2.06. The molecule has 1 heterocycles. The summed E-state index contributed by atoms with van der Waals surface area (Å²) in [6.45, 7) is 2.83. The van der Waals surface area contributed by atoms with Crippen LogP contribution in [0.1, 0.15) is 34.8 Å². The van der Waals surface area contributed by atoms with E-state index in [9.17, 15) is 9.59 Å². The second-order valence-corrected chi connectivity index (χ2v) is 6.28. The Morgan fingerprint density at radius 1 is 1.04 bits per heavy atom. The molecule has 1 amide bonds. The van der Waals surface area contributed by atoms with E-state index in [0.29, 0.717) is 30.8 Å². The quantitative estimate of drug-likeness (QED) is 0.579. The van der Waals surface area contributed by atoms with Gasteiger partial charge in [-0.3, -0.25) is 9.59 Å². The number of ether oxygens (including phenoxy) is 1. The number of hydrogen-bond donors (Lipinski definition) is 1. The fraction of sp³-hybridized carbons (Fsp3) is 0.238. The summed E-state index contributed by atoms with van der Waals surface area (Å²) in [7, 11) is 0. The number of amides is 1. The molecule has 0 spiro atoms. The number of nitrogens with zero attached hydrogens (tertiary/aromatic N) is 3. The van der Waals surface area contributed by atoms with E-state index in [1.807, 2.05) is 31.2 Å². The Kier molecular flexibility index (Phi) is 6.51. The van der Waals surface area contributed by atoms with Gasteiger partial charge >= 0.3 is 0 Å². The predicted octanol–water partition coefficient (Wildman–Crippen LogP) is 2.61. The van der Waals surface area contributed by atoms with Gasteiger partial charge in [-0.25, -0.2) is 9.67 Å². The molecule has 1 aromatic heterocycles. The minimum Gasteiger partial charge on any atom is -0.484 e. The van der Waals surface area contributed by atoms with Crippen LogP contribution in [0.3, 0.4) is 0 Å². The van der Waals surface area contributed by atoms with Crippen LogP contribution < -0.4 is 10.1 Å². The molecule has 0 saturated carbocycles. The second-order valence-electron chi connectivity index (χ2n) is 6.28. The molecular formula is C21H22N4O3. The topological polar surface area (TPSA) is 86.1 Å². The van der Waals surface area contributed by atoms with Crippen molar-refractivity contribution in [2.24, 2.45) is 0 Å². The van der Waals surface area contributed by atoms with Crippen LogP contribution in [0, 0.1) is 0 Å². The monoisotopic (exact) mass is 378 g/mol. The van der Waals surface area contributed by atoms with Crippen LogP contribution in [-0.2, 0) is 17.9 Å². The average molecular weight is 378 g/mol. The van der Waals surface area contributed by atoms with Gasteiger partial charge in [0.1, 0.15) is 18.4 Å². The number of nitrogens with one attached hydrogen (secondary N) is 1. The number of carbonyl (C=O) groups excluding carboxylic acids is 2. The number of benzene rings is 2. The molecule has 0 fully saturated rings. The summed E-state index contributed by atoms with van der Waals surface area (Å²) >= 11 is 0. The molecule has 28 heavy (non-hydrogen) atoms. The van der Waals surface area contributed by atoms with Gasteiger partial charge in [-0.2, -0.15) is 5.10 Å². The van der Waals surface area contributed by atoms with Crippen molar-refractivity contribution >= 4 is 11.7 Å². The molecule has 0 saturated heterocycles. The SMILES string of the molecule is CCC(=O)c1ccc(OCC(=O)NCc2ccc(Cn3cncn3)cc2)cc1. The van der Waals surface area contributed by atoms with E-state index in [-0.39, 0.29) is 18.3 Å². The maximum atomic E-state index is 12.0. The van der Waals surface area contributed by atoms with E-state index in [1.165, 1.54) is 6.33 Å². The number of aromatic nitrogens is 3. The first kappa shape index (κ1) is 19.3. The second kappa shape index (κ2) is 9.45. The molecule has 0 aliphatic heterocycles. The molecule has 7 nitrogen and oxygen atoms in total. The Labute approximate surface area is 163 Å². The molecule has 0 bridgehead atoms. The van der Waals surface area contributed by atoms with Crippen molar-refractivity contribution in [3.05, 3.63) is 77.9 Å². The van der Waals surface area contributed by atoms with E-state index in [4.69, 9.17) is 4.74 Å². The summed E-state index contributed by atoms with van der Waals surface area (Å²) in [6.07, 6.45) is 3.64. The summed E-state index contributed by atoms with van der Waals surface area (Å²) in [5.74, 6) is 0.428. The number of Topliss-reactive ketones (excluding diaryl/α,β-unsaturated/α-hetero) is 1. The highest BCUT2D eigenvalue weighted by atomic mass is 16.5. The fourth-order valence-corrected chi connectivity index (χ4v) is 2.61. The third kappa shape index (κ3) is 5.51. The molecule has 7 heteroatoms. The van der Waals surface area contributed by atoms with Gasteiger partial charge in [0.05, 0.1) is 6.54 Å². The lowest BCUT2D eigenvalue weighted by Crippen LogP contribution is -2.28. The average Bonchev–Trinajstić information content (AvgIpc) is 3.24. The smallest absolute Gasteiger partial charge is 0.258 e. The number of rotatable bonds is 9. The molecule has 0 radical (unpaired) electrons. The zero-order valence-electron chi connectivity index (χ0n) is 15.7. The lowest BCUT2D eigenvalue weighted by atomic mass is 10.1. The first-order valence-corrected chi connectivity index (χ1v) is 9.07. The molecule has 1 N–H and O–H groups in total. The van der Waals surface area contributed by atoms with Crippen molar-refractivity contribution in [3.63, 3.8) is 0 Å². The van der Waals surface area contributed by atoms with E-state index >= 15 is 0 Å². The van der Waals surface area contributed by atoms with Crippen LogP contribution in [0.2, 0.25) is 0 Å². The molecule has 0 aliphatic rings. The van der Waals surface area contributed by atoms with Crippen LogP contribution in [0.5, 0.6) is 5.75 Å². The lowest BCUT2D eigenvalue weighted by molar-refractivity contribution is -0.123. The molecular weight excluding hydrogens is 356 g/mol. The summed E-state index contributed by atoms with van der Waals surface area (Å²) in [4.78, 5) is 27.5. The molecule has 0 aliphatic carbocycles. The van der Waals surface area contributed by atoms with Crippen molar-refractivity contribution in [2.45, 2.75) is 26.4 Å². The zero-order chi connectivity index (χ0) is 19.8. The minimum atomic E-state index is -0.208. The van der Waals surface area contributed by atoms with Crippen molar-refractivity contribution in [1.82, 2.24) is 20.1 Å². The van der Waals surface area contributed by atoms with Crippen molar-refractivity contribution in [3.8, 4) is 5.75 Å². The van der Waals surface area contributed by atoms with Gasteiger partial charge in [0.2, 0.25) is 0 Å². The Hall–Kier alpha value is -3.48. The molecule has 0 atom stereocenters. The van der Waals surface area contributed by atoms with E-state index in [0.717, 1.165) is 11.1 Å². The third-order valence-corrected chi connectivity index (χ3v) is 4.19. The first-order valence-electron chi connectivity index (χ1n) is 9.07. The highest BCUT2D eigenvalue weighted by Crippen LogP contribution is 2.13. The predicted molar refractivity (Wildman–Crippen MR) is 104 cm³/mol. The number of hydrogen-bond acceptors (Lipinski definition) is 5. The van der Waals surface area contributed by atoms with Crippen LogP contribution >= 0.6 is 0 Å². The van der Waals surface area contributed by atoms with Crippen molar-refractivity contribution < 1.29 is 14.3 Å². The third-order valence-electron chi connectivity index (χ3n) is 4.19. The maximum absolute atomic E-state index is 12.0. The summed E-state index contributed by atoms with van der Waals surface area (Å²) < 4.78 is 7.21.